The highest BCUT2D eigenvalue weighted by molar-refractivity contribution is 7.89. The molecule has 1 aromatic carbocycles. The Morgan fingerprint density at radius 3 is 2.57 bits per heavy atom. The molecule has 1 amide bonds. The molecule has 0 fully saturated rings. The minimum absolute atomic E-state index is 0.0106. The topological polar surface area (TPSA) is 100 Å². The number of anilines is 1. The van der Waals surface area contributed by atoms with Crippen molar-refractivity contribution < 1.29 is 13.2 Å². The SMILES string of the molecule is CCCc1n[nH]c(=S)n1CC(=O)Nc1ccc(C)c(S(=O)(=O)N(CC)CC)c1. The van der Waals surface area contributed by atoms with E-state index in [0.717, 1.165) is 12.2 Å². The maximum atomic E-state index is 12.9. The zero-order chi connectivity index (χ0) is 20.9. The van der Waals surface area contributed by atoms with Gasteiger partial charge in [0.05, 0.1) is 4.90 Å². The molecule has 0 unspecified atom stereocenters. The van der Waals surface area contributed by atoms with Crippen LogP contribution in [0.5, 0.6) is 0 Å². The number of rotatable bonds is 9. The lowest BCUT2D eigenvalue weighted by Crippen LogP contribution is -2.31. The Morgan fingerprint density at radius 1 is 1.29 bits per heavy atom. The van der Waals surface area contributed by atoms with Crippen LogP contribution in [0, 0.1) is 11.7 Å². The van der Waals surface area contributed by atoms with Gasteiger partial charge in [0.25, 0.3) is 0 Å². The summed E-state index contributed by atoms with van der Waals surface area (Å²) in [5, 5.41) is 9.61. The third-order valence-electron chi connectivity index (χ3n) is 4.41. The summed E-state index contributed by atoms with van der Waals surface area (Å²) in [6, 6.07) is 4.89. The average molecular weight is 426 g/mol. The van der Waals surface area contributed by atoms with Gasteiger partial charge in [-0.15, -0.1) is 0 Å². The van der Waals surface area contributed by atoms with E-state index in [-0.39, 0.29) is 17.3 Å². The molecule has 1 aromatic heterocycles. The second kappa shape index (κ2) is 9.44. The van der Waals surface area contributed by atoms with Crippen LogP contribution in [0.25, 0.3) is 0 Å². The van der Waals surface area contributed by atoms with Gasteiger partial charge in [0.2, 0.25) is 15.9 Å². The number of carbonyl (C=O) groups excluding carboxylic acids is 1. The van der Waals surface area contributed by atoms with Crippen molar-refractivity contribution in [1.29, 1.82) is 0 Å². The van der Waals surface area contributed by atoms with Crippen molar-refractivity contribution in [3.8, 4) is 0 Å². The van der Waals surface area contributed by atoms with Gasteiger partial charge in [-0.2, -0.15) is 9.40 Å². The highest BCUT2D eigenvalue weighted by Crippen LogP contribution is 2.23. The highest BCUT2D eigenvalue weighted by Gasteiger charge is 2.24. The van der Waals surface area contributed by atoms with Crippen molar-refractivity contribution in [3.05, 3.63) is 34.4 Å². The Kier molecular flexibility index (Phi) is 7.50. The third-order valence-corrected chi connectivity index (χ3v) is 6.91. The van der Waals surface area contributed by atoms with Gasteiger partial charge in [0.15, 0.2) is 4.77 Å². The molecule has 0 radical (unpaired) electrons. The minimum atomic E-state index is -3.62. The molecule has 0 saturated heterocycles. The van der Waals surface area contributed by atoms with Gasteiger partial charge in [0, 0.05) is 25.2 Å². The lowest BCUT2D eigenvalue weighted by Gasteiger charge is -2.20. The Labute approximate surface area is 171 Å². The number of nitrogens with one attached hydrogen (secondary N) is 2. The molecule has 1 heterocycles. The van der Waals surface area contributed by atoms with E-state index in [1.54, 1.807) is 37.5 Å². The van der Waals surface area contributed by atoms with Crippen LogP contribution in [0.1, 0.15) is 38.6 Å². The number of carbonyl (C=O) groups is 1. The fourth-order valence-corrected chi connectivity index (χ4v) is 4.85. The normalized spacial score (nSPS) is 11.8. The van der Waals surface area contributed by atoms with Gasteiger partial charge in [-0.1, -0.05) is 26.8 Å². The lowest BCUT2D eigenvalue weighted by atomic mass is 10.2. The van der Waals surface area contributed by atoms with Gasteiger partial charge < -0.3 is 5.32 Å². The van der Waals surface area contributed by atoms with Gasteiger partial charge in [0.1, 0.15) is 12.4 Å². The molecule has 28 heavy (non-hydrogen) atoms. The number of nitrogens with zero attached hydrogens (tertiary/aromatic N) is 3. The zero-order valence-corrected chi connectivity index (χ0v) is 18.3. The molecule has 10 heteroatoms. The number of benzene rings is 1. The molecule has 2 rings (SSSR count). The number of amides is 1. The van der Waals surface area contributed by atoms with E-state index in [1.165, 1.54) is 10.4 Å². The molecule has 154 valence electrons. The summed E-state index contributed by atoms with van der Waals surface area (Å²) in [5.41, 5.74) is 1.06. The monoisotopic (exact) mass is 425 g/mol. The van der Waals surface area contributed by atoms with E-state index in [4.69, 9.17) is 12.2 Å². The summed E-state index contributed by atoms with van der Waals surface area (Å²) >= 11 is 5.19. The fourth-order valence-electron chi connectivity index (χ4n) is 2.93. The molecule has 2 N–H and O–H groups in total. The number of aryl methyl sites for hydroxylation is 2. The van der Waals surface area contributed by atoms with Crippen LogP contribution in [0.3, 0.4) is 0 Å². The van der Waals surface area contributed by atoms with Crippen LogP contribution in [0.15, 0.2) is 23.1 Å². The van der Waals surface area contributed by atoms with Crippen LogP contribution in [0.2, 0.25) is 0 Å². The zero-order valence-electron chi connectivity index (χ0n) is 16.7. The van der Waals surface area contributed by atoms with Gasteiger partial charge in [-0.25, -0.2) is 8.42 Å². The number of H-pyrrole nitrogens is 1. The summed E-state index contributed by atoms with van der Waals surface area (Å²) in [7, 11) is -3.62. The third kappa shape index (κ3) is 4.86. The van der Waals surface area contributed by atoms with Crippen molar-refractivity contribution in [1.82, 2.24) is 19.1 Å². The van der Waals surface area contributed by atoms with Crippen molar-refractivity contribution in [3.63, 3.8) is 0 Å². The smallest absolute Gasteiger partial charge is 0.244 e. The second-order valence-corrected chi connectivity index (χ2v) is 8.69. The molecule has 0 aliphatic heterocycles. The number of aromatic nitrogens is 3. The average Bonchev–Trinajstić information content (AvgIpc) is 2.97. The summed E-state index contributed by atoms with van der Waals surface area (Å²) in [5.74, 6) is 0.418. The first-order valence-corrected chi connectivity index (χ1v) is 11.1. The lowest BCUT2D eigenvalue weighted by molar-refractivity contribution is -0.116. The first-order chi connectivity index (χ1) is 13.2. The van der Waals surface area contributed by atoms with Crippen molar-refractivity contribution in [2.75, 3.05) is 18.4 Å². The molecule has 8 nitrogen and oxygen atoms in total. The van der Waals surface area contributed by atoms with Crippen LogP contribution in [-0.2, 0) is 27.8 Å². The number of hydrogen-bond acceptors (Lipinski definition) is 5. The van der Waals surface area contributed by atoms with Crippen LogP contribution < -0.4 is 5.32 Å². The summed E-state index contributed by atoms with van der Waals surface area (Å²) in [4.78, 5) is 12.7. The fraction of sp³-hybridized carbons (Fsp3) is 0.500. The molecular formula is C18H27N5O3S2. The van der Waals surface area contributed by atoms with E-state index < -0.39 is 10.0 Å². The Balaban J connectivity index is 2.25. The van der Waals surface area contributed by atoms with Gasteiger partial charge in [-0.3, -0.25) is 14.5 Å². The standard InChI is InChI=1S/C18H27N5O3S2/c1-5-8-16-20-21-18(27)23(16)12-17(24)19-14-10-9-13(4)15(11-14)28(25,26)22(6-2)7-3/h9-11H,5-8,12H2,1-4H3,(H,19,24)(H,21,27). The first-order valence-electron chi connectivity index (χ1n) is 9.29. The van der Waals surface area contributed by atoms with Gasteiger partial charge >= 0.3 is 0 Å². The van der Waals surface area contributed by atoms with E-state index >= 15 is 0 Å². The molecule has 0 spiro atoms. The minimum Gasteiger partial charge on any atom is -0.324 e. The molecular weight excluding hydrogens is 398 g/mol. The number of sulfonamides is 1. The maximum Gasteiger partial charge on any atom is 0.244 e. The molecule has 0 bridgehead atoms. The van der Waals surface area contributed by atoms with E-state index in [0.29, 0.717) is 35.5 Å². The van der Waals surface area contributed by atoms with Crippen molar-refractivity contribution >= 4 is 33.8 Å². The molecule has 0 aliphatic carbocycles. The second-order valence-electron chi connectivity index (χ2n) is 6.40. The molecule has 0 aliphatic rings. The molecule has 2 aromatic rings. The van der Waals surface area contributed by atoms with E-state index in [1.807, 2.05) is 6.92 Å². The van der Waals surface area contributed by atoms with Crippen LogP contribution in [-0.4, -0.2) is 46.5 Å². The quantitative estimate of drug-likeness (QED) is 0.602. The van der Waals surface area contributed by atoms with Crippen LogP contribution in [0.4, 0.5) is 5.69 Å². The largest absolute Gasteiger partial charge is 0.324 e. The Morgan fingerprint density at radius 2 is 1.96 bits per heavy atom. The van der Waals surface area contributed by atoms with E-state index in [2.05, 4.69) is 15.5 Å². The first kappa shape index (κ1) is 22.3. The number of aromatic amines is 1. The predicted octanol–water partition coefficient (Wildman–Crippen LogP) is 2.87. The summed E-state index contributed by atoms with van der Waals surface area (Å²) < 4.78 is 29.1. The predicted molar refractivity (Wildman–Crippen MR) is 111 cm³/mol. The van der Waals surface area contributed by atoms with Crippen molar-refractivity contribution in [2.24, 2.45) is 0 Å². The molecule has 0 atom stereocenters. The van der Waals surface area contributed by atoms with E-state index in [9.17, 15) is 13.2 Å². The Hall–Kier alpha value is -2.04. The van der Waals surface area contributed by atoms with Crippen molar-refractivity contribution in [2.45, 2.75) is 52.0 Å². The van der Waals surface area contributed by atoms with Crippen LogP contribution >= 0.6 is 12.2 Å². The Bertz CT molecular complexity index is 991. The number of hydrogen-bond donors (Lipinski definition) is 2. The van der Waals surface area contributed by atoms with Gasteiger partial charge in [-0.05, 0) is 43.3 Å². The summed E-state index contributed by atoms with van der Waals surface area (Å²) in [6.45, 7) is 8.13. The molecule has 0 saturated carbocycles. The summed E-state index contributed by atoms with van der Waals surface area (Å²) in [6.07, 6.45) is 1.59. The highest BCUT2D eigenvalue weighted by atomic mass is 32.2. The maximum absolute atomic E-state index is 12.9.